The molecule has 0 amide bonds. The summed E-state index contributed by atoms with van der Waals surface area (Å²) < 4.78 is 18.6. The van der Waals surface area contributed by atoms with Crippen molar-refractivity contribution in [1.29, 1.82) is 0 Å². The fourth-order valence-corrected chi connectivity index (χ4v) is 2.38. The molecule has 4 heteroatoms. The highest BCUT2D eigenvalue weighted by Gasteiger charge is 2.22. The van der Waals surface area contributed by atoms with Gasteiger partial charge in [-0.15, -0.1) is 0 Å². The molecule has 0 radical (unpaired) electrons. The maximum atomic E-state index is 13.2. The number of rotatable bonds is 5. The lowest BCUT2D eigenvalue weighted by Crippen LogP contribution is -2.23. The zero-order valence-electron chi connectivity index (χ0n) is 11.1. The average molecular weight is 295 g/mol. The van der Waals surface area contributed by atoms with E-state index < -0.39 is 12.2 Å². The first-order chi connectivity index (χ1) is 9.61. The van der Waals surface area contributed by atoms with E-state index in [0.717, 1.165) is 5.56 Å². The number of aliphatic hydroxyl groups is 1. The molecule has 0 saturated carbocycles. The van der Waals surface area contributed by atoms with Crippen molar-refractivity contribution in [3.8, 4) is 0 Å². The summed E-state index contributed by atoms with van der Waals surface area (Å²) in [4.78, 5) is 0. The molecule has 106 valence electrons. The Balaban J connectivity index is 2.17. The van der Waals surface area contributed by atoms with Crippen LogP contribution in [0.15, 0.2) is 48.5 Å². The minimum absolute atomic E-state index is 0.226. The van der Waals surface area contributed by atoms with Gasteiger partial charge in [0.05, 0.1) is 6.10 Å². The first-order valence-electron chi connectivity index (χ1n) is 6.31. The highest BCUT2D eigenvalue weighted by molar-refractivity contribution is 6.31. The van der Waals surface area contributed by atoms with Gasteiger partial charge in [0.1, 0.15) is 11.9 Å². The van der Waals surface area contributed by atoms with E-state index in [9.17, 15) is 9.50 Å². The highest BCUT2D eigenvalue weighted by Crippen LogP contribution is 2.26. The number of hydrogen-bond acceptors (Lipinski definition) is 2. The maximum absolute atomic E-state index is 13.2. The quantitative estimate of drug-likeness (QED) is 0.909. The molecular formula is C16H16ClFO2. The van der Waals surface area contributed by atoms with Crippen LogP contribution in [0.2, 0.25) is 5.02 Å². The molecule has 2 aromatic carbocycles. The molecule has 2 aromatic rings. The van der Waals surface area contributed by atoms with E-state index in [0.29, 0.717) is 10.6 Å². The number of halogens is 2. The summed E-state index contributed by atoms with van der Waals surface area (Å²) in [6.45, 7) is 0. The molecule has 0 heterocycles. The van der Waals surface area contributed by atoms with Gasteiger partial charge in [0.15, 0.2) is 0 Å². The van der Waals surface area contributed by atoms with E-state index in [-0.39, 0.29) is 12.2 Å². The van der Waals surface area contributed by atoms with Crippen molar-refractivity contribution in [2.24, 2.45) is 0 Å². The maximum Gasteiger partial charge on any atom is 0.123 e. The molecule has 2 unspecified atom stereocenters. The van der Waals surface area contributed by atoms with Gasteiger partial charge in [-0.1, -0.05) is 41.9 Å². The van der Waals surface area contributed by atoms with Gasteiger partial charge in [0.25, 0.3) is 0 Å². The van der Waals surface area contributed by atoms with Crippen LogP contribution in [-0.4, -0.2) is 18.3 Å². The SMILES string of the molecule is COC(c1ccccc1)C(O)Cc1cc(F)ccc1Cl. The standard InChI is InChI=1S/C16H16ClFO2/c1-20-16(11-5-3-2-4-6-11)15(19)10-12-9-13(18)7-8-14(12)17/h2-9,15-16,19H,10H2,1H3. The smallest absolute Gasteiger partial charge is 0.123 e. The normalized spacial score (nSPS) is 14.0. The Morgan fingerprint density at radius 1 is 1.20 bits per heavy atom. The summed E-state index contributed by atoms with van der Waals surface area (Å²) in [6.07, 6.45) is -1.05. The molecular weight excluding hydrogens is 279 g/mol. The Labute approximate surface area is 122 Å². The lowest BCUT2D eigenvalue weighted by atomic mass is 9.98. The van der Waals surface area contributed by atoms with Crippen molar-refractivity contribution in [2.45, 2.75) is 18.6 Å². The molecule has 0 saturated heterocycles. The summed E-state index contributed by atoms with van der Waals surface area (Å²) in [6, 6.07) is 13.5. The summed E-state index contributed by atoms with van der Waals surface area (Å²) in [5, 5.41) is 10.8. The van der Waals surface area contributed by atoms with Gasteiger partial charge in [-0.3, -0.25) is 0 Å². The number of aliphatic hydroxyl groups excluding tert-OH is 1. The van der Waals surface area contributed by atoms with Crippen LogP contribution in [0.3, 0.4) is 0 Å². The second kappa shape index (κ2) is 6.84. The molecule has 20 heavy (non-hydrogen) atoms. The fourth-order valence-electron chi connectivity index (χ4n) is 2.19. The third-order valence-electron chi connectivity index (χ3n) is 3.17. The summed E-state index contributed by atoms with van der Waals surface area (Å²) in [7, 11) is 1.54. The first kappa shape index (κ1) is 15.0. The zero-order chi connectivity index (χ0) is 14.5. The van der Waals surface area contributed by atoms with Crippen LogP contribution in [0.4, 0.5) is 4.39 Å². The monoisotopic (exact) mass is 294 g/mol. The van der Waals surface area contributed by atoms with Crippen molar-refractivity contribution >= 4 is 11.6 Å². The van der Waals surface area contributed by atoms with Crippen LogP contribution in [0.25, 0.3) is 0 Å². The van der Waals surface area contributed by atoms with Crippen LogP contribution < -0.4 is 0 Å². The Kier molecular flexibility index (Phi) is 5.12. The van der Waals surface area contributed by atoms with Crippen LogP contribution in [0, 0.1) is 5.82 Å². The van der Waals surface area contributed by atoms with E-state index in [1.807, 2.05) is 30.3 Å². The number of methoxy groups -OCH3 is 1. The Morgan fingerprint density at radius 2 is 1.90 bits per heavy atom. The lowest BCUT2D eigenvalue weighted by molar-refractivity contribution is -0.0128. The first-order valence-corrected chi connectivity index (χ1v) is 6.69. The van der Waals surface area contributed by atoms with Gasteiger partial charge in [-0.2, -0.15) is 0 Å². The predicted molar refractivity (Wildman–Crippen MR) is 77.3 cm³/mol. The molecule has 1 N–H and O–H groups in total. The summed E-state index contributed by atoms with van der Waals surface area (Å²) >= 11 is 6.02. The lowest BCUT2D eigenvalue weighted by Gasteiger charge is -2.22. The molecule has 0 fully saturated rings. The van der Waals surface area contributed by atoms with E-state index in [2.05, 4.69) is 0 Å². The molecule has 2 rings (SSSR count). The zero-order valence-corrected chi connectivity index (χ0v) is 11.8. The Bertz CT molecular complexity index is 560. The van der Waals surface area contributed by atoms with Gasteiger partial charge < -0.3 is 9.84 Å². The third kappa shape index (κ3) is 3.57. The van der Waals surface area contributed by atoms with Gasteiger partial charge in [0.2, 0.25) is 0 Å². The Morgan fingerprint density at radius 3 is 2.55 bits per heavy atom. The molecule has 0 aliphatic rings. The number of hydrogen-bond donors (Lipinski definition) is 1. The van der Waals surface area contributed by atoms with Gasteiger partial charge in [0, 0.05) is 18.6 Å². The van der Waals surface area contributed by atoms with Crippen molar-refractivity contribution in [3.63, 3.8) is 0 Å². The summed E-state index contributed by atoms with van der Waals surface area (Å²) in [5.74, 6) is -0.370. The van der Waals surface area contributed by atoms with Crippen molar-refractivity contribution < 1.29 is 14.2 Å². The second-order valence-corrected chi connectivity index (χ2v) is 4.98. The molecule has 0 aliphatic carbocycles. The van der Waals surface area contributed by atoms with E-state index in [1.54, 1.807) is 0 Å². The molecule has 2 atom stereocenters. The molecule has 0 aromatic heterocycles. The van der Waals surface area contributed by atoms with E-state index in [4.69, 9.17) is 16.3 Å². The van der Waals surface area contributed by atoms with Crippen LogP contribution in [-0.2, 0) is 11.2 Å². The van der Waals surface area contributed by atoms with Crippen molar-refractivity contribution in [2.75, 3.05) is 7.11 Å². The van der Waals surface area contributed by atoms with Gasteiger partial charge >= 0.3 is 0 Å². The molecule has 0 aliphatic heterocycles. The highest BCUT2D eigenvalue weighted by atomic mass is 35.5. The topological polar surface area (TPSA) is 29.5 Å². The minimum atomic E-state index is -0.804. The largest absolute Gasteiger partial charge is 0.390 e. The third-order valence-corrected chi connectivity index (χ3v) is 3.54. The summed E-state index contributed by atoms with van der Waals surface area (Å²) in [5.41, 5.74) is 1.44. The second-order valence-electron chi connectivity index (χ2n) is 4.57. The molecule has 0 bridgehead atoms. The molecule has 2 nitrogen and oxygen atoms in total. The van der Waals surface area contributed by atoms with Crippen molar-refractivity contribution in [3.05, 3.63) is 70.5 Å². The van der Waals surface area contributed by atoms with E-state index in [1.165, 1.54) is 25.3 Å². The van der Waals surface area contributed by atoms with E-state index >= 15 is 0 Å². The number of benzene rings is 2. The average Bonchev–Trinajstić information content (AvgIpc) is 2.45. The predicted octanol–water partition coefficient (Wildman–Crippen LogP) is 3.77. The number of ether oxygens (including phenoxy) is 1. The fraction of sp³-hybridized carbons (Fsp3) is 0.250. The van der Waals surface area contributed by atoms with Gasteiger partial charge in [-0.25, -0.2) is 4.39 Å². The minimum Gasteiger partial charge on any atom is -0.390 e. The van der Waals surface area contributed by atoms with Crippen LogP contribution >= 0.6 is 11.6 Å². The van der Waals surface area contributed by atoms with Crippen molar-refractivity contribution in [1.82, 2.24) is 0 Å². The van der Waals surface area contributed by atoms with Gasteiger partial charge in [-0.05, 0) is 29.3 Å². The molecule has 0 spiro atoms. The van der Waals surface area contributed by atoms with Crippen LogP contribution in [0.5, 0.6) is 0 Å². The Hall–Kier alpha value is -1.42. The van der Waals surface area contributed by atoms with Crippen LogP contribution in [0.1, 0.15) is 17.2 Å².